The summed E-state index contributed by atoms with van der Waals surface area (Å²) in [5.74, 6) is -0.0138. The molecule has 1 fully saturated rings. The lowest BCUT2D eigenvalue weighted by Gasteiger charge is -2.24. The van der Waals surface area contributed by atoms with Gasteiger partial charge in [-0.05, 0) is 61.1 Å². The SMILES string of the molecule is COc1cc2c(cc1OC)CC(NC(=O)c1nc([C@@H]3CCCN3C(=O)CSc3ccccc3Cl)[nH]c(=O)c1O)C2. The molecule has 1 saturated heterocycles. The fourth-order valence-electron chi connectivity index (χ4n) is 5.24. The van der Waals surface area contributed by atoms with Gasteiger partial charge < -0.3 is 29.8 Å². The number of carbonyl (C=O) groups is 2. The van der Waals surface area contributed by atoms with Crippen molar-refractivity contribution in [3.63, 3.8) is 0 Å². The lowest BCUT2D eigenvalue weighted by atomic mass is 10.1. The Balaban J connectivity index is 1.30. The summed E-state index contributed by atoms with van der Waals surface area (Å²) >= 11 is 7.55. The Morgan fingerprint density at radius 3 is 2.50 bits per heavy atom. The van der Waals surface area contributed by atoms with Crippen molar-refractivity contribution in [2.45, 2.75) is 42.7 Å². The van der Waals surface area contributed by atoms with Crippen LogP contribution in [-0.4, -0.2) is 64.3 Å². The summed E-state index contributed by atoms with van der Waals surface area (Å²) < 4.78 is 10.8. The molecule has 0 bridgehead atoms. The van der Waals surface area contributed by atoms with Gasteiger partial charge in [0.25, 0.3) is 11.5 Å². The van der Waals surface area contributed by atoms with Crippen LogP contribution in [0.5, 0.6) is 17.2 Å². The molecular weight excluding hydrogens is 556 g/mol. The normalized spacial score (nSPS) is 16.6. The van der Waals surface area contributed by atoms with Crippen LogP contribution in [0.25, 0.3) is 0 Å². The van der Waals surface area contributed by atoms with Crippen LogP contribution >= 0.6 is 23.4 Å². The molecular formula is C28H29ClN4O6S. The van der Waals surface area contributed by atoms with E-state index in [1.165, 1.54) is 11.8 Å². The minimum absolute atomic E-state index is 0.135. The van der Waals surface area contributed by atoms with Crippen LogP contribution in [0.2, 0.25) is 5.02 Å². The molecule has 2 aliphatic rings. The number of ether oxygens (including phenoxy) is 2. The lowest BCUT2D eigenvalue weighted by Crippen LogP contribution is -2.38. The first-order chi connectivity index (χ1) is 19.3. The molecule has 0 saturated carbocycles. The monoisotopic (exact) mass is 584 g/mol. The second-order valence-corrected chi connectivity index (χ2v) is 11.1. The Labute approximate surface area is 240 Å². The summed E-state index contributed by atoms with van der Waals surface area (Å²) in [6, 6.07) is 10.3. The van der Waals surface area contributed by atoms with Crippen LogP contribution < -0.4 is 20.3 Å². The molecule has 0 unspecified atom stereocenters. The van der Waals surface area contributed by atoms with Crippen LogP contribution in [0.15, 0.2) is 46.1 Å². The summed E-state index contributed by atoms with van der Waals surface area (Å²) in [4.78, 5) is 48.3. The number of aromatic amines is 1. The number of nitrogens with zero attached hydrogens (tertiary/aromatic N) is 2. The third-order valence-electron chi connectivity index (χ3n) is 7.18. The molecule has 5 rings (SSSR count). The van der Waals surface area contributed by atoms with Gasteiger partial charge in [0, 0.05) is 17.5 Å². The molecule has 0 spiro atoms. The Hall–Kier alpha value is -3.70. The highest BCUT2D eigenvalue weighted by atomic mass is 35.5. The molecule has 3 N–H and O–H groups in total. The maximum atomic E-state index is 13.2. The van der Waals surface area contributed by atoms with Gasteiger partial charge in [-0.2, -0.15) is 0 Å². The van der Waals surface area contributed by atoms with Crippen molar-refractivity contribution in [3.8, 4) is 17.2 Å². The van der Waals surface area contributed by atoms with Crippen molar-refractivity contribution in [3.05, 3.63) is 74.4 Å². The molecule has 3 aromatic rings. The zero-order valence-corrected chi connectivity index (χ0v) is 23.6. The van der Waals surface area contributed by atoms with Gasteiger partial charge in [-0.3, -0.25) is 14.4 Å². The Morgan fingerprint density at radius 2 is 1.85 bits per heavy atom. The maximum absolute atomic E-state index is 13.2. The van der Waals surface area contributed by atoms with Gasteiger partial charge in [0.1, 0.15) is 5.82 Å². The number of amides is 2. The number of aromatic hydroxyl groups is 1. The van der Waals surface area contributed by atoms with Crippen molar-refractivity contribution in [1.82, 2.24) is 20.2 Å². The molecule has 12 heteroatoms. The van der Waals surface area contributed by atoms with Crippen molar-refractivity contribution in [2.24, 2.45) is 0 Å². The van der Waals surface area contributed by atoms with E-state index < -0.39 is 23.3 Å². The van der Waals surface area contributed by atoms with Crippen LogP contribution in [0.1, 0.15) is 46.3 Å². The number of nitrogens with one attached hydrogen (secondary N) is 2. The molecule has 10 nitrogen and oxygen atoms in total. The van der Waals surface area contributed by atoms with Gasteiger partial charge in [0.2, 0.25) is 11.7 Å². The van der Waals surface area contributed by atoms with E-state index >= 15 is 0 Å². The van der Waals surface area contributed by atoms with E-state index in [1.54, 1.807) is 25.2 Å². The van der Waals surface area contributed by atoms with Crippen LogP contribution in [0.3, 0.4) is 0 Å². The first kappa shape index (κ1) is 27.9. The fraction of sp³-hybridized carbons (Fsp3) is 0.357. The quantitative estimate of drug-likeness (QED) is 0.343. The number of likely N-dealkylation sites (tertiary alicyclic amines) is 1. The third kappa shape index (κ3) is 5.62. The van der Waals surface area contributed by atoms with Crippen molar-refractivity contribution >= 4 is 35.2 Å². The average Bonchev–Trinajstić information content (AvgIpc) is 3.59. The van der Waals surface area contributed by atoms with E-state index in [1.807, 2.05) is 30.3 Å². The molecule has 2 heterocycles. The molecule has 0 radical (unpaired) electrons. The number of methoxy groups -OCH3 is 2. The molecule has 40 heavy (non-hydrogen) atoms. The Bertz CT molecular complexity index is 1480. The van der Waals surface area contributed by atoms with Crippen LogP contribution in [0.4, 0.5) is 0 Å². The Kier molecular flexibility index (Phi) is 8.22. The standard InChI is InChI=1S/C28H29ClN4O6S/c1-38-20-12-15-10-17(11-16(15)13-21(20)39-2)30-27(36)24-25(35)28(37)32-26(31-24)19-7-5-9-33(19)23(34)14-40-22-8-4-3-6-18(22)29/h3-4,6,8,12-13,17,19,35H,5,7,9-11,14H2,1-2H3,(H,30,36)(H,31,32,37)/t19-/m0/s1. The first-order valence-electron chi connectivity index (χ1n) is 12.8. The van der Waals surface area contributed by atoms with Crippen molar-refractivity contribution < 1.29 is 24.2 Å². The zero-order chi connectivity index (χ0) is 28.4. The predicted octanol–water partition coefficient (Wildman–Crippen LogP) is 3.50. The highest BCUT2D eigenvalue weighted by molar-refractivity contribution is 8.00. The highest BCUT2D eigenvalue weighted by Gasteiger charge is 2.34. The second-order valence-electron chi connectivity index (χ2n) is 9.67. The van der Waals surface area contributed by atoms with E-state index in [2.05, 4.69) is 15.3 Å². The smallest absolute Gasteiger partial charge is 0.294 e. The number of rotatable bonds is 8. The van der Waals surface area contributed by atoms with Gasteiger partial charge in [0.05, 0.1) is 31.0 Å². The minimum atomic E-state index is -0.830. The molecule has 1 aliphatic heterocycles. The lowest BCUT2D eigenvalue weighted by molar-refractivity contribution is -0.129. The van der Waals surface area contributed by atoms with E-state index in [-0.39, 0.29) is 29.2 Å². The second kappa shape index (κ2) is 11.8. The van der Waals surface area contributed by atoms with Crippen LogP contribution in [0, 0.1) is 0 Å². The zero-order valence-electron chi connectivity index (χ0n) is 22.0. The maximum Gasteiger partial charge on any atom is 0.294 e. The molecule has 1 aromatic heterocycles. The molecule has 2 aromatic carbocycles. The van der Waals surface area contributed by atoms with Crippen molar-refractivity contribution in [2.75, 3.05) is 26.5 Å². The van der Waals surface area contributed by atoms with E-state index in [0.29, 0.717) is 48.7 Å². The predicted molar refractivity (Wildman–Crippen MR) is 151 cm³/mol. The average molecular weight is 585 g/mol. The third-order valence-corrected chi connectivity index (χ3v) is 8.68. The number of hydrogen-bond acceptors (Lipinski definition) is 8. The van der Waals surface area contributed by atoms with Crippen LogP contribution in [-0.2, 0) is 17.6 Å². The number of H-pyrrole nitrogens is 1. The number of hydrogen-bond donors (Lipinski definition) is 3. The van der Waals surface area contributed by atoms with Gasteiger partial charge in [-0.25, -0.2) is 4.98 Å². The summed E-state index contributed by atoms with van der Waals surface area (Å²) in [5.41, 5.74) is 0.835. The summed E-state index contributed by atoms with van der Waals surface area (Å²) in [6.45, 7) is 0.492. The Morgan fingerprint density at radius 1 is 1.18 bits per heavy atom. The summed E-state index contributed by atoms with van der Waals surface area (Å²) in [7, 11) is 3.13. The number of fused-ring (bicyclic) bond motifs is 1. The number of benzene rings is 2. The first-order valence-corrected chi connectivity index (χ1v) is 14.2. The summed E-state index contributed by atoms with van der Waals surface area (Å²) in [5, 5.41) is 13.9. The van der Waals surface area contributed by atoms with E-state index in [4.69, 9.17) is 21.1 Å². The van der Waals surface area contributed by atoms with Gasteiger partial charge >= 0.3 is 0 Å². The van der Waals surface area contributed by atoms with Gasteiger partial charge in [0.15, 0.2) is 17.2 Å². The minimum Gasteiger partial charge on any atom is -0.501 e. The number of halogens is 1. The van der Waals surface area contributed by atoms with Gasteiger partial charge in [-0.1, -0.05) is 23.7 Å². The van der Waals surface area contributed by atoms with E-state index in [9.17, 15) is 19.5 Å². The highest BCUT2D eigenvalue weighted by Crippen LogP contribution is 2.35. The fourth-order valence-corrected chi connectivity index (χ4v) is 6.36. The van der Waals surface area contributed by atoms with Gasteiger partial charge in [-0.15, -0.1) is 11.8 Å². The van der Waals surface area contributed by atoms with Crippen molar-refractivity contribution in [1.29, 1.82) is 0 Å². The van der Waals surface area contributed by atoms with E-state index in [0.717, 1.165) is 16.0 Å². The molecule has 1 aliphatic carbocycles. The number of thioether (sulfide) groups is 1. The number of aromatic nitrogens is 2. The largest absolute Gasteiger partial charge is 0.501 e. The molecule has 210 valence electrons. The molecule has 2 amide bonds. The molecule has 1 atom stereocenters. The summed E-state index contributed by atoms with van der Waals surface area (Å²) in [6.07, 6.45) is 2.38. The topological polar surface area (TPSA) is 134 Å². The number of carbonyl (C=O) groups excluding carboxylic acids is 2.